The van der Waals surface area contributed by atoms with E-state index >= 15 is 0 Å². The fourth-order valence-corrected chi connectivity index (χ4v) is 3.36. The average molecular weight is 390 g/mol. The Morgan fingerprint density at radius 1 is 1.19 bits per heavy atom. The van der Waals surface area contributed by atoms with Crippen molar-refractivity contribution in [2.24, 2.45) is 5.92 Å². The summed E-state index contributed by atoms with van der Waals surface area (Å²) in [6, 6.07) is 11.8. The maximum absolute atomic E-state index is 12.2. The smallest absolute Gasteiger partial charge is 0.238 e. The van der Waals surface area contributed by atoms with E-state index in [9.17, 15) is 9.59 Å². The van der Waals surface area contributed by atoms with Crippen molar-refractivity contribution in [1.82, 2.24) is 10.5 Å². The molecule has 0 bridgehead atoms. The molecule has 1 aromatic heterocycles. The van der Waals surface area contributed by atoms with Gasteiger partial charge >= 0.3 is 0 Å². The molecule has 146 valence electrons. The zero-order valence-electron chi connectivity index (χ0n) is 16.2. The van der Waals surface area contributed by atoms with Gasteiger partial charge in [-0.3, -0.25) is 9.59 Å². The zero-order valence-corrected chi connectivity index (χ0v) is 17.0. The number of aryl methyl sites for hydroxylation is 1. The Morgan fingerprint density at radius 2 is 1.89 bits per heavy atom. The molecule has 0 saturated carbocycles. The number of thioether (sulfide) groups is 1. The van der Waals surface area contributed by atoms with E-state index in [1.165, 1.54) is 17.3 Å². The fraction of sp³-hybridized carbons (Fsp3) is 0.450. The minimum Gasteiger partial charge on any atom is -0.360 e. The van der Waals surface area contributed by atoms with Gasteiger partial charge < -0.3 is 15.2 Å². The van der Waals surface area contributed by atoms with Crippen LogP contribution in [0, 0.1) is 12.8 Å². The summed E-state index contributed by atoms with van der Waals surface area (Å²) in [5.74, 6) is 1.64. The van der Waals surface area contributed by atoms with Crippen molar-refractivity contribution in [2.45, 2.75) is 38.9 Å². The molecule has 0 aliphatic carbocycles. The third kappa shape index (κ3) is 6.75. The van der Waals surface area contributed by atoms with E-state index in [4.69, 9.17) is 4.52 Å². The zero-order chi connectivity index (χ0) is 19.8. The molecule has 0 aliphatic heterocycles. The van der Waals surface area contributed by atoms with Gasteiger partial charge in [-0.05, 0) is 25.3 Å². The standard InChI is InChI=1S/C20H27N3O3S/c1-13(2)17(16-8-6-5-7-9-16)11-21-19(24)12-27-15(4)20(25)22-18-10-14(3)26-23-18/h5-10,13,15,17H,11-12H2,1-4H3,(H,21,24)(H,22,23,25). The van der Waals surface area contributed by atoms with Crippen molar-refractivity contribution in [3.63, 3.8) is 0 Å². The molecule has 0 radical (unpaired) electrons. The number of hydrogen-bond donors (Lipinski definition) is 2. The van der Waals surface area contributed by atoms with Gasteiger partial charge in [0, 0.05) is 18.5 Å². The molecule has 0 spiro atoms. The van der Waals surface area contributed by atoms with Gasteiger partial charge in [0.15, 0.2) is 5.82 Å². The van der Waals surface area contributed by atoms with Crippen molar-refractivity contribution < 1.29 is 14.1 Å². The summed E-state index contributed by atoms with van der Waals surface area (Å²) in [6.45, 7) is 8.40. The first-order valence-electron chi connectivity index (χ1n) is 9.04. The number of nitrogens with zero attached hydrogens (tertiary/aromatic N) is 1. The van der Waals surface area contributed by atoms with Gasteiger partial charge in [0.25, 0.3) is 0 Å². The second-order valence-corrected chi connectivity index (χ2v) is 8.16. The Balaban J connectivity index is 1.76. The minimum atomic E-state index is -0.372. The number of carbonyl (C=O) groups is 2. The monoisotopic (exact) mass is 389 g/mol. The first-order chi connectivity index (χ1) is 12.9. The van der Waals surface area contributed by atoms with Crippen LogP contribution in [0.2, 0.25) is 0 Å². The third-order valence-electron chi connectivity index (χ3n) is 4.26. The number of benzene rings is 1. The molecule has 2 amide bonds. The number of rotatable bonds is 9. The van der Waals surface area contributed by atoms with Crippen molar-refractivity contribution in [2.75, 3.05) is 17.6 Å². The number of nitrogens with one attached hydrogen (secondary N) is 2. The molecular weight excluding hydrogens is 362 g/mol. The van der Waals surface area contributed by atoms with E-state index < -0.39 is 0 Å². The number of aromatic nitrogens is 1. The summed E-state index contributed by atoms with van der Waals surface area (Å²) in [4.78, 5) is 24.3. The first kappa shape index (κ1) is 21.0. The van der Waals surface area contributed by atoms with Crippen LogP contribution in [0.25, 0.3) is 0 Å². The van der Waals surface area contributed by atoms with Crippen LogP contribution in [0.3, 0.4) is 0 Å². The molecule has 2 atom stereocenters. The van der Waals surface area contributed by atoms with E-state index in [0.29, 0.717) is 24.0 Å². The van der Waals surface area contributed by atoms with Gasteiger partial charge in [-0.1, -0.05) is 49.3 Å². The van der Waals surface area contributed by atoms with Crippen molar-refractivity contribution in [1.29, 1.82) is 0 Å². The lowest BCUT2D eigenvalue weighted by molar-refractivity contribution is -0.118. The second-order valence-electron chi connectivity index (χ2n) is 6.83. The van der Waals surface area contributed by atoms with E-state index in [1.807, 2.05) is 18.2 Å². The summed E-state index contributed by atoms with van der Waals surface area (Å²) in [5, 5.41) is 9.03. The Kier molecular flexibility index (Phi) is 7.91. The van der Waals surface area contributed by atoms with Crippen molar-refractivity contribution in [3.8, 4) is 0 Å². The SMILES string of the molecule is Cc1cc(NC(=O)C(C)SCC(=O)NCC(c2ccccc2)C(C)C)no1. The normalized spacial score (nSPS) is 13.2. The number of amides is 2. The Hall–Kier alpha value is -2.28. The predicted molar refractivity (Wildman–Crippen MR) is 109 cm³/mol. The number of anilines is 1. The van der Waals surface area contributed by atoms with Crippen molar-refractivity contribution in [3.05, 3.63) is 47.7 Å². The Morgan fingerprint density at radius 3 is 2.48 bits per heavy atom. The topological polar surface area (TPSA) is 84.2 Å². The van der Waals surface area contributed by atoms with Crippen LogP contribution >= 0.6 is 11.8 Å². The number of hydrogen-bond acceptors (Lipinski definition) is 5. The van der Waals surface area contributed by atoms with Crippen LogP contribution in [0.15, 0.2) is 40.9 Å². The van der Waals surface area contributed by atoms with Gasteiger partial charge in [0.1, 0.15) is 5.76 Å². The van der Waals surface area contributed by atoms with Crippen molar-refractivity contribution >= 4 is 29.4 Å². The fourth-order valence-electron chi connectivity index (χ4n) is 2.64. The molecule has 0 saturated heterocycles. The Labute approximate surface area is 164 Å². The molecule has 27 heavy (non-hydrogen) atoms. The van der Waals surface area contributed by atoms with E-state index in [1.54, 1.807) is 19.9 Å². The van der Waals surface area contributed by atoms with E-state index in [-0.39, 0.29) is 28.7 Å². The molecule has 6 nitrogen and oxygen atoms in total. The lowest BCUT2D eigenvalue weighted by Gasteiger charge is -2.22. The highest BCUT2D eigenvalue weighted by atomic mass is 32.2. The van der Waals surface area contributed by atoms with Crippen LogP contribution in [-0.2, 0) is 9.59 Å². The number of carbonyl (C=O) groups excluding carboxylic acids is 2. The third-order valence-corrected chi connectivity index (χ3v) is 5.41. The molecule has 2 N–H and O–H groups in total. The highest BCUT2D eigenvalue weighted by molar-refractivity contribution is 8.01. The molecule has 7 heteroatoms. The first-order valence-corrected chi connectivity index (χ1v) is 10.1. The average Bonchev–Trinajstić information content (AvgIpc) is 3.05. The summed E-state index contributed by atoms with van der Waals surface area (Å²) in [6.07, 6.45) is 0. The lowest BCUT2D eigenvalue weighted by Crippen LogP contribution is -2.33. The second kappa shape index (κ2) is 10.2. The highest BCUT2D eigenvalue weighted by Gasteiger charge is 2.19. The van der Waals surface area contributed by atoms with Gasteiger partial charge in [-0.15, -0.1) is 11.8 Å². The molecule has 1 heterocycles. The quantitative estimate of drug-likeness (QED) is 0.684. The summed E-state index contributed by atoms with van der Waals surface area (Å²) in [5.41, 5.74) is 1.22. The largest absolute Gasteiger partial charge is 0.360 e. The predicted octanol–water partition coefficient (Wildman–Crippen LogP) is 3.60. The summed E-state index contributed by atoms with van der Waals surface area (Å²) in [7, 11) is 0. The molecule has 2 unspecified atom stereocenters. The maximum atomic E-state index is 12.2. The summed E-state index contributed by atoms with van der Waals surface area (Å²) >= 11 is 1.29. The van der Waals surface area contributed by atoms with Crippen LogP contribution in [-0.4, -0.2) is 34.5 Å². The van der Waals surface area contributed by atoms with E-state index in [2.05, 4.69) is 41.8 Å². The van der Waals surface area contributed by atoms with Crippen LogP contribution < -0.4 is 10.6 Å². The molecule has 0 aliphatic rings. The van der Waals surface area contributed by atoms with Gasteiger partial charge in [0.2, 0.25) is 11.8 Å². The van der Waals surface area contributed by atoms with Crippen LogP contribution in [0.5, 0.6) is 0 Å². The molecule has 2 rings (SSSR count). The highest BCUT2D eigenvalue weighted by Crippen LogP contribution is 2.23. The molecule has 1 aromatic carbocycles. The van der Waals surface area contributed by atoms with E-state index in [0.717, 1.165) is 0 Å². The summed E-state index contributed by atoms with van der Waals surface area (Å²) < 4.78 is 4.92. The van der Waals surface area contributed by atoms with Gasteiger partial charge in [0.05, 0.1) is 11.0 Å². The maximum Gasteiger partial charge on any atom is 0.238 e. The minimum absolute atomic E-state index is 0.0708. The van der Waals surface area contributed by atoms with Crippen LogP contribution in [0.1, 0.15) is 38.0 Å². The molecule has 2 aromatic rings. The lowest BCUT2D eigenvalue weighted by atomic mass is 9.88. The van der Waals surface area contributed by atoms with Crippen LogP contribution in [0.4, 0.5) is 5.82 Å². The van der Waals surface area contributed by atoms with Gasteiger partial charge in [-0.25, -0.2) is 0 Å². The molecule has 0 fully saturated rings. The molecular formula is C20H27N3O3S. The Bertz CT molecular complexity index is 746. The van der Waals surface area contributed by atoms with Gasteiger partial charge in [-0.2, -0.15) is 0 Å².